The molecule has 1 atom stereocenters. The highest BCUT2D eigenvalue weighted by Crippen LogP contribution is 2.45. The first-order valence-corrected chi connectivity index (χ1v) is 3.77. The van der Waals surface area contributed by atoms with E-state index in [4.69, 9.17) is 5.73 Å². The van der Waals surface area contributed by atoms with E-state index in [0.717, 1.165) is 5.92 Å². The smallest absolute Gasteiger partial charge is 0.00391 e. The molecule has 62 valence electrons. The van der Waals surface area contributed by atoms with E-state index in [1.165, 1.54) is 12.8 Å². The van der Waals surface area contributed by atoms with Gasteiger partial charge in [-0.3, -0.25) is 0 Å². The summed E-state index contributed by atoms with van der Waals surface area (Å²) in [5.41, 5.74) is 6.31. The minimum atomic E-state index is 0. The molecule has 0 aromatic heterocycles. The van der Waals surface area contributed by atoms with Gasteiger partial charge in [-0.05, 0) is 31.1 Å². The van der Waals surface area contributed by atoms with Crippen molar-refractivity contribution in [1.29, 1.82) is 0 Å². The summed E-state index contributed by atoms with van der Waals surface area (Å²) in [4.78, 5) is 0. The maximum Gasteiger partial charge on any atom is 0.00391 e. The SMILES string of the molecule is C[C@H](N)C1CC(C)(C)C1.Cl. The highest BCUT2D eigenvalue weighted by atomic mass is 35.5. The van der Waals surface area contributed by atoms with Crippen molar-refractivity contribution >= 4 is 12.4 Å². The number of rotatable bonds is 1. The lowest BCUT2D eigenvalue weighted by atomic mass is 9.62. The van der Waals surface area contributed by atoms with Gasteiger partial charge in [0, 0.05) is 6.04 Å². The van der Waals surface area contributed by atoms with Crippen molar-refractivity contribution in [1.82, 2.24) is 0 Å². The van der Waals surface area contributed by atoms with E-state index in [2.05, 4.69) is 20.8 Å². The lowest BCUT2D eigenvalue weighted by Gasteiger charge is -2.44. The van der Waals surface area contributed by atoms with E-state index in [9.17, 15) is 0 Å². The normalized spacial score (nSPS) is 26.4. The first-order valence-electron chi connectivity index (χ1n) is 3.77. The van der Waals surface area contributed by atoms with Crippen molar-refractivity contribution in [3.8, 4) is 0 Å². The number of halogens is 1. The third kappa shape index (κ3) is 2.14. The Morgan fingerprint density at radius 1 is 1.40 bits per heavy atom. The van der Waals surface area contributed by atoms with Crippen LogP contribution in [0.2, 0.25) is 0 Å². The molecule has 1 saturated carbocycles. The summed E-state index contributed by atoms with van der Waals surface area (Å²) in [5, 5.41) is 0. The summed E-state index contributed by atoms with van der Waals surface area (Å²) in [6, 6.07) is 0.415. The quantitative estimate of drug-likeness (QED) is 0.630. The van der Waals surface area contributed by atoms with Crippen LogP contribution in [0.4, 0.5) is 0 Å². The molecule has 0 aliphatic heterocycles. The van der Waals surface area contributed by atoms with Gasteiger partial charge in [0.15, 0.2) is 0 Å². The predicted octanol–water partition coefficient (Wildman–Crippen LogP) is 2.19. The van der Waals surface area contributed by atoms with Gasteiger partial charge < -0.3 is 5.73 Å². The molecule has 0 amide bonds. The van der Waals surface area contributed by atoms with Crippen LogP contribution in [0.1, 0.15) is 33.6 Å². The largest absolute Gasteiger partial charge is 0.328 e. The summed E-state index contributed by atoms with van der Waals surface area (Å²) >= 11 is 0. The highest BCUT2D eigenvalue weighted by molar-refractivity contribution is 5.85. The minimum absolute atomic E-state index is 0. The maximum absolute atomic E-state index is 5.72. The summed E-state index contributed by atoms with van der Waals surface area (Å²) < 4.78 is 0. The van der Waals surface area contributed by atoms with Crippen LogP contribution >= 0.6 is 12.4 Å². The van der Waals surface area contributed by atoms with Crippen LogP contribution in [0.15, 0.2) is 0 Å². The zero-order valence-electron chi connectivity index (χ0n) is 7.05. The van der Waals surface area contributed by atoms with Gasteiger partial charge in [-0.15, -0.1) is 12.4 Å². The average molecular weight is 164 g/mol. The summed E-state index contributed by atoms with van der Waals surface area (Å²) in [6.07, 6.45) is 2.65. The Hall–Kier alpha value is 0.250. The second-order valence-corrected chi connectivity index (χ2v) is 4.19. The van der Waals surface area contributed by atoms with Crippen molar-refractivity contribution in [2.24, 2.45) is 17.1 Å². The Kier molecular flexibility index (Phi) is 3.18. The Labute approximate surface area is 69.8 Å². The molecule has 1 aliphatic carbocycles. The van der Waals surface area contributed by atoms with E-state index in [1.807, 2.05) is 0 Å². The van der Waals surface area contributed by atoms with Crippen LogP contribution in [0.5, 0.6) is 0 Å². The molecule has 0 radical (unpaired) electrons. The van der Waals surface area contributed by atoms with Crippen LogP contribution in [0.25, 0.3) is 0 Å². The number of nitrogens with two attached hydrogens (primary N) is 1. The molecular weight excluding hydrogens is 146 g/mol. The predicted molar refractivity (Wildman–Crippen MR) is 47.4 cm³/mol. The Bertz CT molecular complexity index is 102. The molecule has 0 aromatic rings. The van der Waals surface area contributed by atoms with E-state index in [-0.39, 0.29) is 12.4 Å². The maximum atomic E-state index is 5.72. The van der Waals surface area contributed by atoms with E-state index >= 15 is 0 Å². The van der Waals surface area contributed by atoms with Gasteiger partial charge in [0.2, 0.25) is 0 Å². The molecule has 1 fully saturated rings. The lowest BCUT2D eigenvalue weighted by molar-refractivity contribution is 0.0806. The van der Waals surface area contributed by atoms with Crippen LogP contribution in [0.3, 0.4) is 0 Å². The van der Waals surface area contributed by atoms with Gasteiger partial charge in [-0.2, -0.15) is 0 Å². The fourth-order valence-electron chi connectivity index (χ4n) is 1.73. The molecule has 0 aromatic carbocycles. The molecule has 0 unspecified atom stereocenters. The molecule has 0 bridgehead atoms. The lowest BCUT2D eigenvalue weighted by Crippen LogP contribution is -2.41. The van der Waals surface area contributed by atoms with Gasteiger partial charge in [-0.25, -0.2) is 0 Å². The van der Waals surface area contributed by atoms with Gasteiger partial charge in [0.25, 0.3) is 0 Å². The first-order chi connectivity index (χ1) is 4.01. The van der Waals surface area contributed by atoms with Gasteiger partial charge in [0.05, 0.1) is 0 Å². The topological polar surface area (TPSA) is 26.0 Å². The fraction of sp³-hybridized carbons (Fsp3) is 1.00. The molecule has 0 saturated heterocycles. The van der Waals surface area contributed by atoms with Gasteiger partial charge in [0.1, 0.15) is 0 Å². The summed E-state index contributed by atoms with van der Waals surface area (Å²) in [7, 11) is 0. The molecule has 0 spiro atoms. The van der Waals surface area contributed by atoms with Gasteiger partial charge in [-0.1, -0.05) is 13.8 Å². The van der Waals surface area contributed by atoms with Crippen molar-refractivity contribution in [3.63, 3.8) is 0 Å². The second kappa shape index (κ2) is 3.10. The molecule has 2 N–H and O–H groups in total. The Morgan fingerprint density at radius 3 is 1.90 bits per heavy atom. The molecule has 2 heteroatoms. The molecule has 10 heavy (non-hydrogen) atoms. The van der Waals surface area contributed by atoms with Crippen LogP contribution in [-0.4, -0.2) is 6.04 Å². The van der Waals surface area contributed by atoms with Crippen molar-refractivity contribution < 1.29 is 0 Å². The Morgan fingerprint density at radius 2 is 1.80 bits per heavy atom. The van der Waals surface area contributed by atoms with Crippen molar-refractivity contribution in [2.45, 2.75) is 39.7 Å². The molecule has 0 heterocycles. The van der Waals surface area contributed by atoms with Gasteiger partial charge >= 0.3 is 0 Å². The molecular formula is C8H18ClN. The molecule has 1 rings (SSSR count). The second-order valence-electron chi connectivity index (χ2n) is 4.19. The van der Waals surface area contributed by atoms with E-state index in [0.29, 0.717) is 11.5 Å². The third-order valence-electron chi connectivity index (χ3n) is 2.37. The number of hydrogen-bond acceptors (Lipinski definition) is 1. The van der Waals surface area contributed by atoms with Crippen LogP contribution in [-0.2, 0) is 0 Å². The summed E-state index contributed by atoms with van der Waals surface area (Å²) in [6.45, 7) is 6.73. The van der Waals surface area contributed by atoms with Crippen molar-refractivity contribution in [3.05, 3.63) is 0 Å². The zero-order valence-corrected chi connectivity index (χ0v) is 7.87. The monoisotopic (exact) mass is 163 g/mol. The summed E-state index contributed by atoms with van der Waals surface area (Å²) in [5.74, 6) is 0.806. The van der Waals surface area contributed by atoms with Crippen molar-refractivity contribution in [2.75, 3.05) is 0 Å². The fourth-order valence-corrected chi connectivity index (χ4v) is 1.73. The molecule has 1 nitrogen and oxygen atoms in total. The van der Waals surface area contributed by atoms with Crippen LogP contribution in [0, 0.1) is 11.3 Å². The number of hydrogen-bond donors (Lipinski definition) is 1. The Balaban J connectivity index is 0.000000810. The standard InChI is InChI=1S/C8H17N.ClH/c1-6(9)7-4-8(2,3)5-7;/h6-7H,4-5,9H2,1-3H3;1H/t6-;/m0./s1. The highest BCUT2D eigenvalue weighted by Gasteiger charge is 2.37. The third-order valence-corrected chi connectivity index (χ3v) is 2.37. The zero-order chi connectivity index (χ0) is 7.07. The van der Waals surface area contributed by atoms with E-state index in [1.54, 1.807) is 0 Å². The van der Waals surface area contributed by atoms with Crippen LogP contribution < -0.4 is 5.73 Å². The minimum Gasteiger partial charge on any atom is -0.328 e. The molecule has 1 aliphatic rings. The average Bonchev–Trinajstić information content (AvgIpc) is 1.59. The first kappa shape index (κ1) is 10.2. The van der Waals surface area contributed by atoms with E-state index < -0.39 is 0 Å².